The fourth-order valence-corrected chi connectivity index (χ4v) is 1.37. The highest BCUT2D eigenvalue weighted by Crippen LogP contribution is 2.05. The molecule has 1 aromatic heterocycles. The number of ketones is 2. The summed E-state index contributed by atoms with van der Waals surface area (Å²) in [6, 6.07) is 0. The Morgan fingerprint density at radius 3 is 2.69 bits per heavy atom. The molecule has 0 amide bonds. The molecule has 0 saturated heterocycles. The molecule has 0 unspecified atom stereocenters. The van der Waals surface area contributed by atoms with Gasteiger partial charge in [0.05, 0.1) is 12.6 Å². The van der Waals surface area contributed by atoms with Crippen molar-refractivity contribution in [1.29, 1.82) is 0 Å². The second kappa shape index (κ2) is 6.82. The molecular weight excluding hydrogens is 204 g/mol. The van der Waals surface area contributed by atoms with Gasteiger partial charge in [-0.2, -0.15) is 0 Å². The van der Waals surface area contributed by atoms with Crippen LogP contribution in [0.4, 0.5) is 0 Å². The van der Waals surface area contributed by atoms with Crippen LogP contribution in [0, 0.1) is 0 Å². The number of nitrogens with zero attached hydrogens (tertiary/aromatic N) is 2. The number of rotatable bonds is 7. The molecule has 4 heteroatoms. The summed E-state index contributed by atoms with van der Waals surface area (Å²) in [5.74, 6) is -0.251. The summed E-state index contributed by atoms with van der Waals surface area (Å²) in [4.78, 5) is 30.7. The average Bonchev–Trinajstić information content (AvgIpc) is 2.30. The zero-order valence-electron chi connectivity index (χ0n) is 9.48. The van der Waals surface area contributed by atoms with E-state index in [0.29, 0.717) is 6.42 Å². The molecule has 0 bridgehead atoms. The van der Waals surface area contributed by atoms with Crippen molar-refractivity contribution >= 4 is 11.6 Å². The Morgan fingerprint density at radius 1 is 1.25 bits per heavy atom. The Balaban J connectivity index is 2.37. The second-order valence-corrected chi connectivity index (χ2v) is 3.69. The van der Waals surface area contributed by atoms with Crippen LogP contribution in [0.25, 0.3) is 0 Å². The smallest absolute Gasteiger partial charge is 0.190 e. The van der Waals surface area contributed by atoms with E-state index in [-0.39, 0.29) is 23.7 Å². The number of unbranched alkanes of at least 4 members (excludes halogenated alkanes) is 2. The quantitative estimate of drug-likeness (QED) is 0.401. The maximum Gasteiger partial charge on any atom is 0.190 e. The Labute approximate surface area is 95.1 Å². The normalized spacial score (nSPS) is 10.1. The SMILES string of the molecule is CCCCCC(=O)CC(=O)c1cnccn1. The molecule has 0 N–H and O–H groups in total. The van der Waals surface area contributed by atoms with Gasteiger partial charge in [0.2, 0.25) is 0 Å². The van der Waals surface area contributed by atoms with Crippen LogP contribution in [-0.4, -0.2) is 21.5 Å². The summed E-state index contributed by atoms with van der Waals surface area (Å²) < 4.78 is 0. The van der Waals surface area contributed by atoms with E-state index in [1.54, 1.807) is 0 Å². The molecule has 0 aliphatic rings. The molecule has 1 heterocycles. The summed E-state index contributed by atoms with van der Waals surface area (Å²) >= 11 is 0. The van der Waals surface area contributed by atoms with Crippen LogP contribution in [0.2, 0.25) is 0 Å². The zero-order valence-corrected chi connectivity index (χ0v) is 9.48. The molecule has 1 aromatic rings. The molecule has 0 aromatic carbocycles. The van der Waals surface area contributed by atoms with Gasteiger partial charge in [0.15, 0.2) is 5.78 Å². The topological polar surface area (TPSA) is 59.9 Å². The molecular formula is C12H16N2O2. The zero-order chi connectivity index (χ0) is 11.8. The van der Waals surface area contributed by atoms with Crippen LogP contribution in [0.1, 0.15) is 49.5 Å². The van der Waals surface area contributed by atoms with Crippen LogP contribution < -0.4 is 0 Å². The Hall–Kier alpha value is -1.58. The third-order valence-corrected chi connectivity index (χ3v) is 2.27. The van der Waals surface area contributed by atoms with Crippen LogP contribution in [-0.2, 0) is 4.79 Å². The van der Waals surface area contributed by atoms with Crippen LogP contribution in [0.3, 0.4) is 0 Å². The molecule has 4 nitrogen and oxygen atoms in total. The Morgan fingerprint density at radius 2 is 2.06 bits per heavy atom. The van der Waals surface area contributed by atoms with Gasteiger partial charge in [-0.25, -0.2) is 4.98 Å². The number of Topliss-reactive ketones (excluding diaryl/α,β-unsaturated/α-hetero) is 2. The monoisotopic (exact) mass is 220 g/mol. The lowest BCUT2D eigenvalue weighted by atomic mass is 10.1. The minimum Gasteiger partial charge on any atom is -0.299 e. The molecule has 0 saturated carbocycles. The lowest BCUT2D eigenvalue weighted by molar-refractivity contribution is -0.118. The first-order chi connectivity index (χ1) is 7.74. The van der Waals surface area contributed by atoms with Crippen molar-refractivity contribution in [2.24, 2.45) is 0 Å². The van der Waals surface area contributed by atoms with Crippen LogP contribution >= 0.6 is 0 Å². The van der Waals surface area contributed by atoms with Crippen molar-refractivity contribution in [3.63, 3.8) is 0 Å². The number of carbonyl (C=O) groups is 2. The molecule has 0 fully saturated rings. The number of hydrogen-bond acceptors (Lipinski definition) is 4. The first-order valence-corrected chi connectivity index (χ1v) is 5.55. The summed E-state index contributed by atoms with van der Waals surface area (Å²) in [6.45, 7) is 2.08. The minimum atomic E-state index is -0.241. The summed E-state index contributed by atoms with van der Waals surface area (Å²) in [6.07, 6.45) is 7.75. The van der Waals surface area contributed by atoms with E-state index in [1.165, 1.54) is 18.6 Å². The highest BCUT2D eigenvalue weighted by atomic mass is 16.1. The molecule has 0 aliphatic carbocycles. The second-order valence-electron chi connectivity index (χ2n) is 3.69. The summed E-state index contributed by atoms with van der Waals surface area (Å²) in [5.41, 5.74) is 0.270. The molecule has 0 spiro atoms. The number of carbonyl (C=O) groups excluding carboxylic acids is 2. The summed E-state index contributed by atoms with van der Waals surface area (Å²) in [5, 5.41) is 0. The lowest BCUT2D eigenvalue weighted by Gasteiger charge is -1.99. The van der Waals surface area contributed by atoms with Gasteiger partial charge in [-0.1, -0.05) is 19.8 Å². The standard InChI is InChI=1S/C12H16N2O2/c1-2-3-4-5-10(15)8-12(16)11-9-13-6-7-14-11/h6-7,9H,2-5,8H2,1H3. The van der Waals surface area contributed by atoms with E-state index in [0.717, 1.165) is 19.3 Å². The van der Waals surface area contributed by atoms with Gasteiger partial charge in [-0.3, -0.25) is 14.6 Å². The predicted octanol–water partition coefficient (Wildman–Crippen LogP) is 2.20. The van der Waals surface area contributed by atoms with Gasteiger partial charge < -0.3 is 0 Å². The van der Waals surface area contributed by atoms with Crippen LogP contribution in [0.5, 0.6) is 0 Å². The maximum absolute atomic E-state index is 11.6. The van der Waals surface area contributed by atoms with Crippen molar-refractivity contribution in [3.8, 4) is 0 Å². The van der Waals surface area contributed by atoms with E-state index in [4.69, 9.17) is 0 Å². The average molecular weight is 220 g/mol. The molecule has 86 valence electrons. The lowest BCUT2D eigenvalue weighted by Crippen LogP contribution is -2.09. The molecule has 0 aliphatic heterocycles. The third-order valence-electron chi connectivity index (χ3n) is 2.27. The highest BCUT2D eigenvalue weighted by molar-refractivity contribution is 6.06. The molecule has 0 atom stereocenters. The Bertz CT molecular complexity index is 349. The van der Waals surface area contributed by atoms with Crippen molar-refractivity contribution < 1.29 is 9.59 Å². The van der Waals surface area contributed by atoms with E-state index in [1.807, 2.05) is 0 Å². The van der Waals surface area contributed by atoms with Crippen molar-refractivity contribution in [1.82, 2.24) is 9.97 Å². The van der Waals surface area contributed by atoms with Gasteiger partial charge in [-0.05, 0) is 6.42 Å². The number of hydrogen-bond donors (Lipinski definition) is 0. The minimum absolute atomic E-state index is 0.0101. The first-order valence-electron chi connectivity index (χ1n) is 5.55. The van der Waals surface area contributed by atoms with Crippen molar-refractivity contribution in [2.75, 3.05) is 0 Å². The van der Waals surface area contributed by atoms with Gasteiger partial charge in [-0.15, -0.1) is 0 Å². The van der Waals surface area contributed by atoms with Crippen molar-refractivity contribution in [3.05, 3.63) is 24.3 Å². The number of aromatic nitrogens is 2. The van der Waals surface area contributed by atoms with Gasteiger partial charge >= 0.3 is 0 Å². The van der Waals surface area contributed by atoms with Crippen LogP contribution in [0.15, 0.2) is 18.6 Å². The van der Waals surface area contributed by atoms with E-state index >= 15 is 0 Å². The summed E-state index contributed by atoms with van der Waals surface area (Å²) in [7, 11) is 0. The molecule has 16 heavy (non-hydrogen) atoms. The molecule has 0 radical (unpaired) electrons. The predicted molar refractivity (Wildman–Crippen MR) is 60.1 cm³/mol. The Kier molecular flexibility index (Phi) is 5.32. The maximum atomic E-state index is 11.6. The van der Waals surface area contributed by atoms with E-state index in [9.17, 15) is 9.59 Å². The van der Waals surface area contributed by atoms with E-state index < -0.39 is 0 Å². The largest absolute Gasteiger partial charge is 0.299 e. The third kappa shape index (κ3) is 4.29. The fraction of sp³-hybridized carbons (Fsp3) is 0.500. The van der Waals surface area contributed by atoms with Gasteiger partial charge in [0, 0.05) is 18.8 Å². The van der Waals surface area contributed by atoms with E-state index in [2.05, 4.69) is 16.9 Å². The fourth-order valence-electron chi connectivity index (χ4n) is 1.37. The van der Waals surface area contributed by atoms with Crippen molar-refractivity contribution in [2.45, 2.75) is 39.0 Å². The van der Waals surface area contributed by atoms with Gasteiger partial charge in [0.25, 0.3) is 0 Å². The molecule has 1 rings (SSSR count). The highest BCUT2D eigenvalue weighted by Gasteiger charge is 2.12. The first kappa shape index (κ1) is 12.5. The van der Waals surface area contributed by atoms with Gasteiger partial charge in [0.1, 0.15) is 11.5 Å².